The van der Waals surface area contributed by atoms with Crippen molar-refractivity contribution in [3.8, 4) is 0 Å². The van der Waals surface area contributed by atoms with Crippen LogP contribution in [-0.4, -0.2) is 32.1 Å². The van der Waals surface area contributed by atoms with Crippen molar-refractivity contribution in [2.45, 2.75) is 5.92 Å². The van der Waals surface area contributed by atoms with Gasteiger partial charge in [0.15, 0.2) is 0 Å². The van der Waals surface area contributed by atoms with Crippen molar-refractivity contribution >= 4 is 11.2 Å². The summed E-state index contributed by atoms with van der Waals surface area (Å²) in [5.74, 6) is -3.29. The van der Waals surface area contributed by atoms with E-state index in [2.05, 4.69) is 20.4 Å². The highest BCUT2D eigenvalue weighted by molar-refractivity contribution is 5.69. The Morgan fingerprint density at radius 1 is 1.43 bits per heavy atom. The summed E-state index contributed by atoms with van der Waals surface area (Å²) in [5.41, 5.74) is 0.138. The molecule has 0 aliphatic heterocycles. The first-order valence-corrected chi connectivity index (χ1v) is 3.79. The highest BCUT2D eigenvalue weighted by Gasteiger charge is 2.31. The fraction of sp³-hybridized carbons (Fsp3) is 0.286. The van der Waals surface area contributed by atoms with Crippen LogP contribution in [0.5, 0.6) is 0 Å². The minimum Gasteiger partial charge on any atom is -0.390 e. The summed E-state index contributed by atoms with van der Waals surface area (Å²) in [6.07, 6.45) is 0.973. The molecule has 74 valence electrons. The number of aliphatic hydroxyl groups excluding tert-OH is 1. The lowest BCUT2D eigenvalue weighted by Gasteiger charge is -2.11. The number of nitrogens with zero attached hydrogens (tertiary/aromatic N) is 3. The lowest BCUT2D eigenvalue weighted by Crippen LogP contribution is -2.18. The zero-order valence-electron chi connectivity index (χ0n) is 6.91. The molecule has 0 radical (unpaired) electrons. The topological polar surface area (TPSA) is 74.7 Å². The molecule has 2 aromatic heterocycles. The second kappa shape index (κ2) is 2.95. The number of alkyl halides is 2. The van der Waals surface area contributed by atoms with Crippen molar-refractivity contribution in [3.05, 3.63) is 17.8 Å². The van der Waals surface area contributed by atoms with Crippen molar-refractivity contribution in [3.63, 3.8) is 0 Å². The van der Waals surface area contributed by atoms with Crippen LogP contribution in [0, 0.1) is 0 Å². The van der Waals surface area contributed by atoms with Gasteiger partial charge in [-0.05, 0) is 6.07 Å². The molecule has 2 N–H and O–H groups in total. The summed E-state index contributed by atoms with van der Waals surface area (Å²) in [6, 6.07) is 1.14. The molecule has 0 spiro atoms. The zero-order chi connectivity index (χ0) is 10.2. The van der Waals surface area contributed by atoms with Crippen molar-refractivity contribution < 1.29 is 13.9 Å². The molecule has 2 aromatic rings. The highest BCUT2D eigenvalue weighted by atomic mass is 19.3. The number of rotatable bonds is 2. The van der Waals surface area contributed by atoms with Gasteiger partial charge in [0.1, 0.15) is 12.1 Å². The Labute approximate surface area is 76.8 Å². The monoisotopic (exact) mass is 200 g/mol. The van der Waals surface area contributed by atoms with E-state index < -0.39 is 12.5 Å². The zero-order valence-corrected chi connectivity index (χ0v) is 6.91. The molecule has 0 bridgehead atoms. The van der Waals surface area contributed by atoms with Crippen LogP contribution in [0.15, 0.2) is 12.3 Å². The molecule has 7 heteroatoms. The Balaban J connectivity index is 2.53. The van der Waals surface area contributed by atoms with Crippen LogP contribution < -0.4 is 0 Å². The maximum absolute atomic E-state index is 13.0. The van der Waals surface area contributed by atoms with Crippen molar-refractivity contribution in [1.82, 2.24) is 20.4 Å². The van der Waals surface area contributed by atoms with Gasteiger partial charge in [-0.3, -0.25) is 0 Å². The first-order valence-electron chi connectivity index (χ1n) is 3.79. The number of nitrogens with one attached hydrogen (secondary N) is 1. The summed E-state index contributed by atoms with van der Waals surface area (Å²) in [6.45, 7) is -1.25. The smallest absolute Gasteiger partial charge is 0.297 e. The van der Waals surface area contributed by atoms with E-state index in [-0.39, 0.29) is 16.7 Å². The molecule has 0 aliphatic carbocycles. The minimum atomic E-state index is -3.29. The van der Waals surface area contributed by atoms with Gasteiger partial charge < -0.3 is 5.11 Å². The fourth-order valence-corrected chi connectivity index (χ4v) is 1.03. The summed E-state index contributed by atoms with van der Waals surface area (Å²) >= 11 is 0. The van der Waals surface area contributed by atoms with Gasteiger partial charge in [0.25, 0.3) is 5.92 Å². The van der Waals surface area contributed by atoms with Crippen LogP contribution in [0.25, 0.3) is 11.2 Å². The summed E-state index contributed by atoms with van der Waals surface area (Å²) in [7, 11) is 0. The third kappa shape index (κ3) is 1.31. The quantitative estimate of drug-likeness (QED) is 0.737. The maximum atomic E-state index is 13.0. The fourth-order valence-electron chi connectivity index (χ4n) is 1.03. The van der Waals surface area contributed by atoms with Crippen LogP contribution in [0.1, 0.15) is 5.56 Å². The summed E-state index contributed by atoms with van der Waals surface area (Å²) in [4.78, 5) is 3.66. The minimum absolute atomic E-state index is 0.246. The number of aromatic nitrogens is 4. The van der Waals surface area contributed by atoms with Crippen molar-refractivity contribution in [2.24, 2.45) is 0 Å². The van der Waals surface area contributed by atoms with Crippen molar-refractivity contribution in [1.29, 1.82) is 0 Å². The molecule has 0 saturated heterocycles. The summed E-state index contributed by atoms with van der Waals surface area (Å²) in [5, 5.41) is 17.9. The predicted octanol–water partition coefficient (Wildman–Crippen LogP) is 0.437. The number of aliphatic hydroxyl groups is 1. The molecule has 2 heterocycles. The second-order valence-electron chi connectivity index (χ2n) is 2.75. The lowest BCUT2D eigenvalue weighted by molar-refractivity contribution is -0.0557. The average molecular weight is 200 g/mol. The van der Waals surface area contributed by atoms with Crippen molar-refractivity contribution in [2.75, 3.05) is 6.61 Å². The molecular formula is C7H6F2N4O. The van der Waals surface area contributed by atoms with Crippen LogP contribution in [0.2, 0.25) is 0 Å². The van der Waals surface area contributed by atoms with E-state index in [0.717, 1.165) is 12.3 Å². The second-order valence-corrected chi connectivity index (χ2v) is 2.75. The van der Waals surface area contributed by atoms with Gasteiger partial charge in [0, 0.05) is 11.8 Å². The van der Waals surface area contributed by atoms with Crippen LogP contribution in [0.3, 0.4) is 0 Å². The standard InChI is InChI=1S/C7H6F2N4O/c8-7(9,3-14)4-1-5-6(10-2-4)12-13-11-5/h1-2,14H,3H2,(H,10,11,12,13). The number of pyridine rings is 1. The molecule has 0 unspecified atom stereocenters. The Morgan fingerprint density at radius 2 is 2.21 bits per heavy atom. The Kier molecular flexibility index (Phi) is 1.88. The molecule has 0 fully saturated rings. The van der Waals surface area contributed by atoms with Gasteiger partial charge in [-0.15, -0.1) is 5.10 Å². The van der Waals surface area contributed by atoms with E-state index in [4.69, 9.17) is 5.11 Å². The highest BCUT2D eigenvalue weighted by Crippen LogP contribution is 2.27. The van der Waals surface area contributed by atoms with Gasteiger partial charge in [-0.2, -0.15) is 19.1 Å². The van der Waals surface area contributed by atoms with Crippen LogP contribution in [-0.2, 0) is 5.92 Å². The maximum Gasteiger partial charge on any atom is 0.297 e. The Morgan fingerprint density at radius 3 is 2.93 bits per heavy atom. The van der Waals surface area contributed by atoms with E-state index >= 15 is 0 Å². The number of H-pyrrole nitrogens is 1. The number of aromatic amines is 1. The molecule has 0 atom stereocenters. The Hall–Kier alpha value is -1.63. The average Bonchev–Trinajstić information content (AvgIpc) is 2.64. The van der Waals surface area contributed by atoms with E-state index in [1.54, 1.807) is 0 Å². The SMILES string of the molecule is OCC(F)(F)c1cnc2n[nH]nc2c1. The molecule has 0 aliphatic rings. The normalized spacial score (nSPS) is 12.2. The first kappa shape index (κ1) is 8.95. The van der Waals surface area contributed by atoms with E-state index in [1.165, 1.54) is 0 Å². The molecule has 5 nitrogen and oxygen atoms in total. The molecule has 14 heavy (non-hydrogen) atoms. The number of halogens is 2. The van der Waals surface area contributed by atoms with E-state index in [1.807, 2.05) is 0 Å². The number of hydrogen-bond donors (Lipinski definition) is 2. The molecule has 0 aromatic carbocycles. The predicted molar refractivity (Wildman–Crippen MR) is 42.7 cm³/mol. The lowest BCUT2D eigenvalue weighted by atomic mass is 10.1. The van der Waals surface area contributed by atoms with Crippen LogP contribution >= 0.6 is 0 Å². The van der Waals surface area contributed by atoms with Gasteiger partial charge in [0.05, 0.1) is 0 Å². The molecule has 2 rings (SSSR count). The molecular weight excluding hydrogens is 194 g/mol. The summed E-state index contributed by atoms with van der Waals surface area (Å²) < 4.78 is 25.9. The third-order valence-electron chi connectivity index (χ3n) is 1.79. The van der Waals surface area contributed by atoms with E-state index in [0.29, 0.717) is 0 Å². The van der Waals surface area contributed by atoms with Crippen LogP contribution in [0.4, 0.5) is 8.78 Å². The third-order valence-corrected chi connectivity index (χ3v) is 1.79. The largest absolute Gasteiger partial charge is 0.390 e. The van der Waals surface area contributed by atoms with Gasteiger partial charge in [0.2, 0.25) is 5.65 Å². The number of hydrogen-bond acceptors (Lipinski definition) is 4. The molecule has 0 amide bonds. The number of fused-ring (bicyclic) bond motifs is 1. The Bertz CT molecular complexity index is 456. The van der Waals surface area contributed by atoms with E-state index in [9.17, 15) is 8.78 Å². The first-order chi connectivity index (χ1) is 6.63. The van der Waals surface area contributed by atoms with Gasteiger partial charge in [-0.25, -0.2) is 4.98 Å². The molecule has 0 saturated carbocycles. The van der Waals surface area contributed by atoms with Gasteiger partial charge >= 0.3 is 0 Å². The van der Waals surface area contributed by atoms with Gasteiger partial charge in [-0.1, -0.05) is 0 Å².